The molecule has 2 nitrogen and oxygen atoms in total. The van der Waals surface area contributed by atoms with Crippen LogP contribution in [0.2, 0.25) is 0 Å². The molecule has 2 aliphatic rings. The summed E-state index contributed by atoms with van der Waals surface area (Å²) in [5, 5.41) is 3.54. The van der Waals surface area contributed by atoms with E-state index in [4.69, 9.17) is 0 Å². The molecule has 0 aromatic heterocycles. The number of hydrogen-bond donors (Lipinski definition) is 1. The van der Waals surface area contributed by atoms with Crippen LogP contribution in [0, 0.1) is 11.3 Å². The Morgan fingerprint density at radius 1 is 1.25 bits per heavy atom. The predicted octanol–water partition coefficient (Wildman–Crippen LogP) is 2.49. The molecule has 0 radical (unpaired) electrons. The normalized spacial score (nSPS) is 40.1. The van der Waals surface area contributed by atoms with E-state index in [1.807, 2.05) is 0 Å². The summed E-state index contributed by atoms with van der Waals surface area (Å²) in [6.07, 6.45) is 5.52. The minimum atomic E-state index is 0.541. The van der Waals surface area contributed by atoms with Crippen LogP contribution in [0.15, 0.2) is 0 Å². The lowest BCUT2D eigenvalue weighted by atomic mass is 9.82. The van der Waals surface area contributed by atoms with Crippen LogP contribution in [0.5, 0.6) is 0 Å². The molecule has 1 heterocycles. The molecule has 2 rings (SSSR count). The Balaban J connectivity index is 2.00. The Hall–Kier alpha value is -0.0800. The summed E-state index contributed by atoms with van der Waals surface area (Å²) in [6.45, 7) is 9.84. The van der Waals surface area contributed by atoms with Gasteiger partial charge in [-0.25, -0.2) is 0 Å². The number of hydrogen-bond acceptors (Lipinski definition) is 2. The van der Waals surface area contributed by atoms with Crippen molar-refractivity contribution in [3.8, 4) is 0 Å². The van der Waals surface area contributed by atoms with Gasteiger partial charge in [0.15, 0.2) is 0 Å². The molecule has 2 fully saturated rings. The molecule has 2 heteroatoms. The standard InChI is InChI=1S/C14H28N2/c1-11-5-6-12(15-4)13(9-11)16-8-7-14(2,3)10-16/h11-13,15H,5-10H2,1-4H3. The van der Waals surface area contributed by atoms with Crippen LogP contribution in [-0.2, 0) is 0 Å². The summed E-state index contributed by atoms with van der Waals surface area (Å²) in [4.78, 5) is 2.75. The lowest BCUT2D eigenvalue weighted by molar-refractivity contribution is 0.117. The quantitative estimate of drug-likeness (QED) is 0.775. The topological polar surface area (TPSA) is 15.3 Å². The lowest BCUT2D eigenvalue weighted by Crippen LogP contribution is -2.51. The van der Waals surface area contributed by atoms with Crippen LogP contribution in [-0.4, -0.2) is 37.1 Å². The molecule has 0 amide bonds. The van der Waals surface area contributed by atoms with Gasteiger partial charge in [0.05, 0.1) is 0 Å². The molecular formula is C14H28N2. The van der Waals surface area contributed by atoms with Crippen molar-refractivity contribution in [2.24, 2.45) is 11.3 Å². The Morgan fingerprint density at radius 3 is 2.56 bits per heavy atom. The highest BCUT2D eigenvalue weighted by Crippen LogP contribution is 2.35. The van der Waals surface area contributed by atoms with Crippen LogP contribution >= 0.6 is 0 Å². The Kier molecular flexibility index (Phi) is 3.60. The van der Waals surface area contributed by atoms with E-state index < -0.39 is 0 Å². The van der Waals surface area contributed by atoms with Crippen LogP contribution in [0.1, 0.15) is 46.5 Å². The maximum atomic E-state index is 3.54. The fourth-order valence-corrected chi connectivity index (χ4v) is 3.53. The summed E-state index contributed by atoms with van der Waals surface area (Å²) < 4.78 is 0. The zero-order valence-corrected chi connectivity index (χ0v) is 11.4. The van der Waals surface area contributed by atoms with Gasteiger partial charge in [-0.1, -0.05) is 20.8 Å². The third-order valence-corrected chi connectivity index (χ3v) is 4.63. The summed E-state index contributed by atoms with van der Waals surface area (Å²) in [5.41, 5.74) is 0.541. The fourth-order valence-electron chi connectivity index (χ4n) is 3.53. The maximum Gasteiger partial charge on any atom is 0.0251 e. The molecule has 1 aliphatic carbocycles. The van der Waals surface area contributed by atoms with Gasteiger partial charge in [-0.15, -0.1) is 0 Å². The van der Waals surface area contributed by atoms with Gasteiger partial charge in [0.2, 0.25) is 0 Å². The van der Waals surface area contributed by atoms with Crippen molar-refractivity contribution >= 4 is 0 Å². The molecular weight excluding hydrogens is 196 g/mol. The van der Waals surface area contributed by atoms with Gasteiger partial charge in [-0.3, -0.25) is 4.90 Å². The fraction of sp³-hybridized carbons (Fsp3) is 1.00. The second-order valence-electron chi connectivity index (χ2n) is 6.77. The number of rotatable bonds is 2. The van der Waals surface area contributed by atoms with E-state index in [1.54, 1.807) is 0 Å². The second-order valence-corrected chi connectivity index (χ2v) is 6.77. The number of likely N-dealkylation sites (N-methyl/N-ethyl adjacent to an activating group) is 1. The van der Waals surface area contributed by atoms with Gasteiger partial charge in [-0.05, 0) is 50.6 Å². The average molecular weight is 224 g/mol. The van der Waals surface area contributed by atoms with E-state index in [9.17, 15) is 0 Å². The molecule has 1 N–H and O–H groups in total. The molecule has 1 saturated heterocycles. The SMILES string of the molecule is CNC1CCC(C)CC1N1CCC(C)(C)C1. The van der Waals surface area contributed by atoms with E-state index in [0.29, 0.717) is 5.41 Å². The van der Waals surface area contributed by atoms with Crippen LogP contribution in [0.3, 0.4) is 0 Å². The van der Waals surface area contributed by atoms with Gasteiger partial charge >= 0.3 is 0 Å². The molecule has 94 valence electrons. The largest absolute Gasteiger partial charge is 0.315 e. The molecule has 0 aromatic carbocycles. The minimum absolute atomic E-state index is 0.541. The summed E-state index contributed by atoms with van der Waals surface area (Å²) >= 11 is 0. The lowest BCUT2D eigenvalue weighted by Gasteiger charge is -2.40. The van der Waals surface area contributed by atoms with Gasteiger partial charge in [0.1, 0.15) is 0 Å². The van der Waals surface area contributed by atoms with Gasteiger partial charge in [0, 0.05) is 18.6 Å². The van der Waals surface area contributed by atoms with Gasteiger partial charge < -0.3 is 5.32 Å². The van der Waals surface area contributed by atoms with E-state index in [2.05, 4.69) is 38.0 Å². The van der Waals surface area contributed by atoms with E-state index in [-0.39, 0.29) is 0 Å². The second kappa shape index (κ2) is 4.66. The maximum absolute atomic E-state index is 3.54. The third kappa shape index (κ3) is 2.60. The van der Waals surface area contributed by atoms with E-state index >= 15 is 0 Å². The Morgan fingerprint density at radius 2 is 2.00 bits per heavy atom. The molecule has 0 spiro atoms. The van der Waals surface area contributed by atoms with Gasteiger partial charge in [0.25, 0.3) is 0 Å². The highest BCUT2D eigenvalue weighted by atomic mass is 15.2. The van der Waals surface area contributed by atoms with E-state index in [0.717, 1.165) is 18.0 Å². The summed E-state index contributed by atoms with van der Waals surface area (Å²) in [5.74, 6) is 0.915. The molecule has 3 unspecified atom stereocenters. The number of likely N-dealkylation sites (tertiary alicyclic amines) is 1. The highest BCUT2D eigenvalue weighted by molar-refractivity contribution is 4.94. The first-order chi connectivity index (χ1) is 7.52. The average Bonchev–Trinajstić information content (AvgIpc) is 2.59. The van der Waals surface area contributed by atoms with Crippen molar-refractivity contribution in [2.45, 2.75) is 58.5 Å². The van der Waals surface area contributed by atoms with Gasteiger partial charge in [-0.2, -0.15) is 0 Å². The molecule has 0 bridgehead atoms. The first-order valence-corrected chi connectivity index (χ1v) is 6.93. The summed E-state index contributed by atoms with van der Waals surface area (Å²) in [6, 6.07) is 1.51. The summed E-state index contributed by atoms with van der Waals surface area (Å²) in [7, 11) is 2.13. The van der Waals surface area contributed by atoms with E-state index in [1.165, 1.54) is 38.8 Å². The zero-order chi connectivity index (χ0) is 11.8. The minimum Gasteiger partial charge on any atom is -0.315 e. The molecule has 1 saturated carbocycles. The Bertz CT molecular complexity index is 237. The first kappa shape index (κ1) is 12.4. The monoisotopic (exact) mass is 224 g/mol. The first-order valence-electron chi connectivity index (χ1n) is 6.93. The van der Waals surface area contributed by atoms with Crippen LogP contribution in [0.4, 0.5) is 0 Å². The van der Waals surface area contributed by atoms with Crippen molar-refractivity contribution in [2.75, 3.05) is 20.1 Å². The van der Waals surface area contributed by atoms with Crippen molar-refractivity contribution in [1.29, 1.82) is 0 Å². The zero-order valence-electron chi connectivity index (χ0n) is 11.4. The highest BCUT2D eigenvalue weighted by Gasteiger charge is 2.38. The molecule has 3 atom stereocenters. The number of nitrogens with one attached hydrogen (secondary N) is 1. The molecule has 0 aromatic rings. The predicted molar refractivity (Wildman–Crippen MR) is 69.6 cm³/mol. The van der Waals surface area contributed by atoms with Crippen molar-refractivity contribution < 1.29 is 0 Å². The smallest absolute Gasteiger partial charge is 0.0251 e. The molecule has 1 aliphatic heterocycles. The van der Waals surface area contributed by atoms with Crippen LogP contribution < -0.4 is 5.32 Å². The molecule has 16 heavy (non-hydrogen) atoms. The van der Waals surface area contributed by atoms with Crippen LogP contribution in [0.25, 0.3) is 0 Å². The van der Waals surface area contributed by atoms with Crippen molar-refractivity contribution in [3.63, 3.8) is 0 Å². The number of nitrogens with zero attached hydrogens (tertiary/aromatic N) is 1. The third-order valence-electron chi connectivity index (χ3n) is 4.63. The van der Waals surface area contributed by atoms with Crippen molar-refractivity contribution in [1.82, 2.24) is 10.2 Å². The Labute approximate surface area is 101 Å². The van der Waals surface area contributed by atoms with Crippen molar-refractivity contribution in [3.05, 3.63) is 0 Å².